The molecule has 0 amide bonds. The standard InChI is InChI=1S/C11H10S/c1-7-5-10-9-4-2-3-8(9)6-11(10)12-7/h3-5H,2,6H2,1H3. The Morgan fingerprint density at radius 2 is 2.25 bits per heavy atom. The van der Waals surface area contributed by atoms with Gasteiger partial charge < -0.3 is 0 Å². The predicted molar refractivity (Wildman–Crippen MR) is 53.4 cm³/mol. The van der Waals surface area contributed by atoms with Crippen molar-refractivity contribution >= 4 is 16.9 Å². The van der Waals surface area contributed by atoms with Gasteiger partial charge in [-0.25, -0.2) is 0 Å². The molecular weight excluding hydrogens is 164 g/mol. The van der Waals surface area contributed by atoms with Gasteiger partial charge in [-0.3, -0.25) is 0 Å². The highest BCUT2D eigenvalue weighted by molar-refractivity contribution is 7.12. The van der Waals surface area contributed by atoms with Crippen LogP contribution in [0.3, 0.4) is 0 Å². The van der Waals surface area contributed by atoms with Gasteiger partial charge >= 0.3 is 0 Å². The minimum Gasteiger partial charge on any atom is -0.145 e. The molecule has 12 heavy (non-hydrogen) atoms. The van der Waals surface area contributed by atoms with Crippen LogP contribution in [0.2, 0.25) is 0 Å². The maximum absolute atomic E-state index is 2.36. The van der Waals surface area contributed by atoms with Crippen molar-refractivity contribution in [3.05, 3.63) is 39.1 Å². The molecule has 0 spiro atoms. The summed E-state index contributed by atoms with van der Waals surface area (Å²) in [5.74, 6) is 0. The zero-order valence-corrected chi connectivity index (χ0v) is 7.87. The van der Waals surface area contributed by atoms with E-state index in [1.54, 1.807) is 10.5 Å². The van der Waals surface area contributed by atoms with Gasteiger partial charge in [0.2, 0.25) is 0 Å². The molecule has 1 aromatic rings. The average Bonchev–Trinajstić information content (AvgIpc) is 2.59. The molecule has 3 rings (SSSR count). The van der Waals surface area contributed by atoms with E-state index in [1.807, 2.05) is 11.3 Å². The van der Waals surface area contributed by atoms with Crippen molar-refractivity contribution < 1.29 is 0 Å². The Hall–Kier alpha value is -0.820. The molecule has 0 atom stereocenters. The molecule has 1 aromatic heterocycles. The second-order valence-corrected chi connectivity index (χ2v) is 4.79. The van der Waals surface area contributed by atoms with E-state index >= 15 is 0 Å². The van der Waals surface area contributed by atoms with Gasteiger partial charge in [0, 0.05) is 16.2 Å². The number of aryl methyl sites for hydroxylation is 1. The molecule has 2 aliphatic rings. The second kappa shape index (κ2) is 2.11. The fourth-order valence-corrected chi connectivity index (χ4v) is 3.18. The highest BCUT2D eigenvalue weighted by atomic mass is 32.1. The van der Waals surface area contributed by atoms with Crippen LogP contribution in [0.4, 0.5) is 0 Å². The summed E-state index contributed by atoms with van der Waals surface area (Å²) in [4.78, 5) is 3.02. The normalized spacial score (nSPS) is 18.8. The van der Waals surface area contributed by atoms with Gasteiger partial charge in [0.15, 0.2) is 0 Å². The number of thiophene rings is 1. The van der Waals surface area contributed by atoms with Crippen LogP contribution in [0.15, 0.2) is 23.8 Å². The van der Waals surface area contributed by atoms with E-state index in [2.05, 4.69) is 25.1 Å². The highest BCUT2D eigenvalue weighted by Crippen LogP contribution is 2.43. The Morgan fingerprint density at radius 3 is 3.17 bits per heavy atom. The Kier molecular flexibility index (Phi) is 1.17. The molecule has 1 heterocycles. The first-order valence-corrected chi connectivity index (χ1v) is 5.15. The quantitative estimate of drug-likeness (QED) is 0.566. The number of hydrogen-bond acceptors (Lipinski definition) is 1. The van der Waals surface area contributed by atoms with Crippen molar-refractivity contribution in [3.8, 4) is 0 Å². The van der Waals surface area contributed by atoms with E-state index in [1.165, 1.54) is 22.4 Å². The fraction of sp³-hybridized carbons (Fsp3) is 0.273. The summed E-state index contributed by atoms with van der Waals surface area (Å²) < 4.78 is 0. The van der Waals surface area contributed by atoms with E-state index in [-0.39, 0.29) is 0 Å². The number of allylic oxidation sites excluding steroid dienone is 4. The van der Waals surface area contributed by atoms with Crippen molar-refractivity contribution in [2.75, 3.05) is 0 Å². The summed E-state index contributed by atoms with van der Waals surface area (Å²) in [5, 5.41) is 0. The summed E-state index contributed by atoms with van der Waals surface area (Å²) in [6, 6.07) is 2.33. The monoisotopic (exact) mass is 174 g/mol. The first-order valence-electron chi connectivity index (χ1n) is 4.34. The summed E-state index contributed by atoms with van der Waals surface area (Å²) in [5.41, 5.74) is 4.60. The van der Waals surface area contributed by atoms with Crippen molar-refractivity contribution in [1.82, 2.24) is 0 Å². The minimum absolute atomic E-state index is 1.15. The van der Waals surface area contributed by atoms with Gasteiger partial charge in [0.25, 0.3) is 0 Å². The molecule has 0 nitrogen and oxygen atoms in total. The van der Waals surface area contributed by atoms with E-state index in [4.69, 9.17) is 0 Å². The largest absolute Gasteiger partial charge is 0.145 e. The third-order valence-corrected chi connectivity index (χ3v) is 3.66. The third kappa shape index (κ3) is 0.721. The van der Waals surface area contributed by atoms with Crippen LogP contribution in [-0.4, -0.2) is 0 Å². The molecule has 0 fully saturated rings. The molecule has 60 valence electrons. The van der Waals surface area contributed by atoms with E-state index < -0.39 is 0 Å². The maximum atomic E-state index is 2.36. The van der Waals surface area contributed by atoms with Gasteiger partial charge in [-0.05, 0) is 36.1 Å². The molecule has 0 aliphatic heterocycles. The molecular formula is C11H10S. The van der Waals surface area contributed by atoms with Crippen LogP contribution in [0, 0.1) is 6.92 Å². The van der Waals surface area contributed by atoms with Gasteiger partial charge in [-0.2, -0.15) is 0 Å². The summed E-state index contributed by atoms with van der Waals surface area (Å²) in [7, 11) is 0. The highest BCUT2D eigenvalue weighted by Gasteiger charge is 2.24. The molecule has 2 aliphatic carbocycles. The lowest BCUT2D eigenvalue weighted by molar-refractivity contribution is 1.30. The van der Waals surface area contributed by atoms with E-state index in [0.717, 1.165) is 6.42 Å². The first-order chi connectivity index (χ1) is 5.84. The SMILES string of the molecule is Cc1cc2c(s1)CC1=CCC=C12. The Labute approximate surface area is 76.2 Å². The van der Waals surface area contributed by atoms with E-state index in [9.17, 15) is 0 Å². The maximum Gasteiger partial charge on any atom is 0.0170 e. The zero-order valence-electron chi connectivity index (χ0n) is 7.05. The molecule has 0 saturated heterocycles. The zero-order chi connectivity index (χ0) is 8.13. The summed E-state index contributed by atoms with van der Waals surface area (Å²) in [6.07, 6.45) is 7.06. The second-order valence-electron chi connectivity index (χ2n) is 3.45. The van der Waals surface area contributed by atoms with Crippen LogP contribution in [0.25, 0.3) is 5.57 Å². The Balaban J connectivity index is 2.25. The minimum atomic E-state index is 1.15. The lowest BCUT2D eigenvalue weighted by Crippen LogP contribution is -1.74. The molecule has 0 unspecified atom stereocenters. The van der Waals surface area contributed by atoms with Crippen LogP contribution in [0.1, 0.15) is 21.7 Å². The Morgan fingerprint density at radius 1 is 1.33 bits per heavy atom. The van der Waals surface area contributed by atoms with Crippen molar-refractivity contribution in [3.63, 3.8) is 0 Å². The Bertz CT molecular complexity index is 405. The van der Waals surface area contributed by atoms with E-state index in [0.29, 0.717) is 0 Å². The van der Waals surface area contributed by atoms with Crippen molar-refractivity contribution in [2.24, 2.45) is 0 Å². The molecule has 1 heteroatoms. The lowest BCUT2D eigenvalue weighted by atomic mass is 10.1. The van der Waals surface area contributed by atoms with Crippen molar-refractivity contribution in [1.29, 1.82) is 0 Å². The molecule has 0 bridgehead atoms. The van der Waals surface area contributed by atoms with Gasteiger partial charge in [-0.15, -0.1) is 11.3 Å². The fourth-order valence-electron chi connectivity index (χ4n) is 2.11. The summed E-state index contributed by atoms with van der Waals surface area (Å²) in [6.45, 7) is 2.20. The van der Waals surface area contributed by atoms with Crippen molar-refractivity contribution in [2.45, 2.75) is 19.8 Å². The lowest BCUT2D eigenvalue weighted by Gasteiger charge is -1.92. The molecule has 0 N–H and O–H groups in total. The predicted octanol–water partition coefficient (Wildman–Crippen LogP) is 3.33. The number of fused-ring (bicyclic) bond motifs is 3. The first kappa shape index (κ1) is 6.67. The molecule has 0 aromatic carbocycles. The average molecular weight is 174 g/mol. The van der Waals surface area contributed by atoms with Gasteiger partial charge in [-0.1, -0.05) is 12.2 Å². The van der Waals surface area contributed by atoms with Crippen LogP contribution in [-0.2, 0) is 6.42 Å². The number of hydrogen-bond donors (Lipinski definition) is 0. The smallest absolute Gasteiger partial charge is 0.0170 e. The summed E-state index contributed by atoms with van der Waals surface area (Å²) >= 11 is 1.95. The molecule has 0 saturated carbocycles. The topological polar surface area (TPSA) is 0 Å². The number of rotatable bonds is 0. The third-order valence-electron chi connectivity index (χ3n) is 2.61. The van der Waals surface area contributed by atoms with Gasteiger partial charge in [0.05, 0.1) is 0 Å². The van der Waals surface area contributed by atoms with Crippen LogP contribution in [0.5, 0.6) is 0 Å². The molecule has 0 radical (unpaired) electrons. The van der Waals surface area contributed by atoms with Crippen LogP contribution >= 0.6 is 11.3 Å². The van der Waals surface area contributed by atoms with Crippen LogP contribution < -0.4 is 0 Å². The van der Waals surface area contributed by atoms with Gasteiger partial charge in [0.1, 0.15) is 0 Å².